The molecular weight excluding hydrogens is 449 g/mol. The molecule has 29 heavy (non-hydrogen) atoms. The van der Waals surface area contributed by atoms with Gasteiger partial charge in [0.1, 0.15) is 19.0 Å². The maximum absolute atomic E-state index is 12.8. The summed E-state index contributed by atoms with van der Waals surface area (Å²) in [7, 11) is 0. The zero-order valence-electron chi connectivity index (χ0n) is 15.1. The van der Waals surface area contributed by atoms with Crippen LogP contribution in [0.25, 0.3) is 11.1 Å². The van der Waals surface area contributed by atoms with Crippen LogP contribution in [0.5, 0.6) is 5.75 Å². The Kier molecular flexibility index (Phi) is 6.59. The molecule has 0 aliphatic heterocycles. The smallest absolute Gasteiger partial charge is 0.416 e. The van der Waals surface area contributed by atoms with Crippen molar-refractivity contribution in [1.82, 2.24) is 0 Å². The Labute approximate surface area is 174 Å². The van der Waals surface area contributed by atoms with Crippen LogP contribution in [0.2, 0.25) is 0 Å². The van der Waals surface area contributed by atoms with Crippen molar-refractivity contribution >= 4 is 21.9 Å². The van der Waals surface area contributed by atoms with Gasteiger partial charge in [0.15, 0.2) is 0 Å². The number of hydrogen-bond acceptors (Lipinski definition) is 3. The highest BCUT2D eigenvalue weighted by atomic mass is 79.9. The molecule has 3 rings (SSSR count). The number of esters is 1. The maximum Gasteiger partial charge on any atom is 0.416 e. The Balaban J connectivity index is 1.65. The van der Waals surface area contributed by atoms with Crippen LogP contribution in [0.3, 0.4) is 0 Å². The third kappa shape index (κ3) is 5.60. The SMILES string of the molecule is O=C(OCCOc1ccc(Br)cc1)c1ccccc1-c1ccc(C(F)(F)F)cc1. The first-order valence-corrected chi connectivity index (χ1v) is 9.46. The standard InChI is InChI=1S/C22H16BrF3O3/c23-17-9-11-18(12-10-17)28-13-14-29-21(27)20-4-2-1-3-19(20)15-5-7-16(8-6-15)22(24,25)26/h1-12H,13-14H2. The van der Waals surface area contributed by atoms with Crippen molar-refractivity contribution in [2.75, 3.05) is 13.2 Å². The van der Waals surface area contributed by atoms with Gasteiger partial charge in [-0.2, -0.15) is 13.2 Å². The Morgan fingerprint density at radius 1 is 0.862 bits per heavy atom. The molecule has 0 bridgehead atoms. The number of benzene rings is 3. The Morgan fingerprint density at radius 3 is 2.17 bits per heavy atom. The molecule has 3 aromatic rings. The molecule has 0 saturated heterocycles. The van der Waals surface area contributed by atoms with Gasteiger partial charge < -0.3 is 9.47 Å². The molecule has 0 heterocycles. The van der Waals surface area contributed by atoms with E-state index in [9.17, 15) is 18.0 Å². The molecule has 0 aliphatic carbocycles. The molecule has 0 fully saturated rings. The summed E-state index contributed by atoms with van der Waals surface area (Å²) >= 11 is 3.33. The number of hydrogen-bond donors (Lipinski definition) is 0. The molecule has 0 unspecified atom stereocenters. The summed E-state index contributed by atoms with van der Waals surface area (Å²) in [5, 5.41) is 0. The van der Waals surface area contributed by atoms with Crippen molar-refractivity contribution in [2.24, 2.45) is 0 Å². The van der Waals surface area contributed by atoms with Crippen molar-refractivity contribution in [3.8, 4) is 16.9 Å². The summed E-state index contributed by atoms with van der Waals surface area (Å²) in [4.78, 5) is 12.5. The average molecular weight is 465 g/mol. The molecule has 0 saturated carbocycles. The van der Waals surface area contributed by atoms with Crippen molar-refractivity contribution < 1.29 is 27.4 Å². The summed E-state index contributed by atoms with van der Waals surface area (Å²) < 4.78 is 50.0. The molecule has 0 amide bonds. The van der Waals surface area contributed by atoms with E-state index in [1.165, 1.54) is 12.1 Å². The van der Waals surface area contributed by atoms with Gasteiger partial charge in [-0.1, -0.05) is 46.3 Å². The minimum Gasteiger partial charge on any atom is -0.490 e. The third-order valence-corrected chi connectivity index (χ3v) is 4.60. The number of ether oxygens (including phenoxy) is 2. The van der Waals surface area contributed by atoms with Crippen molar-refractivity contribution in [2.45, 2.75) is 6.18 Å². The predicted octanol–water partition coefficient (Wildman–Crippen LogP) is 6.37. The van der Waals surface area contributed by atoms with E-state index >= 15 is 0 Å². The fourth-order valence-electron chi connectivity index (χ4n) is 2.65. The van der Waals surface area contributed by atoms with Crippen LogP contribution in [0.1, 0.15) is 15.9 Å². The second-order valence-electron chi connectivity index (χ2n) is 6.06. The highest BCUT2D eigenvalue weighted by molar-refractivity contribution is 9.10. The van der Waals surface area contributed by atoms with Crippen LogP contribution < -0.4 is 4.74 Å². The van der Waals surface area contributed by atoms with Crippen LogP contribution in [-0.4, -0.2) is 19.2 Å². The molecule has 0 radical (unpaired) electrons. The van der Waals surface area contributed by atoms with Crippen LogP contribution in [0.15, 0.2) is 77.3 Å². The summed E-state index contributed by atoms with van der Waals surface area (Å²) in [5.74, 6) is 0.0781. The van der Waals surface area contributed by atoms with Crippen molar-refractivity contribution in [3.05, 3.63) is 88.4 Å². The van der Waals surface area contributed by atoms with Crippen LogP contribution in [0.4, 0.5) is 13.2 Å². The molecule has 0 aliphatic rings. The lowest BCUT2D eigenvalue weighted by molar-refractivity contribution is -0.137. The minimum atomic E-state index is -4.41. The largest absolute Gasteiger partial charge is 0.490 e. The summed E-state index contributed by atoms with van der Waals surface area (Å²) in [6, 6.07) is 18.5. The van der Waals surface area contributed by atoms with E-state index in [-0.39, 0.29) is 18.8 Å². The highest BCUT2D eigenvalue weighted by Gasteiger charge is 2.30. The second-order valence-corrected chi connectivity index (χ2v) is 6.97. The van der Waals surface area contributed by atoms with Gasteiger partial charge in [0.2, 0.25) is 0 Å². The predicted molar refractivity (Wildman–Crippen MR) is 107 cm³/mol. The second kappa shape index (κ2) is 9.13. The molecule has 0 aromatic heterocycles. The Bertz CT molecular complexity index is 968. The topological polar surface area (TPSA) is 35.5 Å². The zero-order chi connectivity index (χ0) is 20.9. The van der Waals surface area contributed by atoms with Crippen LogP contribution in [-0.2, 0) is 10.9 Å². The van der Waals surface area contributed by atoms with E-state index in [0.717, 1.165) is 16.6 Å². The number of halogens is 4. The van der Waals surface area contributed by atoms with E-state index in [1.54, 1.807) is 36.4 Å². The van der Waals surface area contributed by atoms with Gasteiger partial charge in [-0.3, -0.25) is 0 Å². The summed E-state index contributed by atoms with van der Waals surface area (Å²) in [5.41, 5.74) is 0.527. The maximum atomic E-state index is 12.8. The monoisotopic (exact) mass is 464 g/mol. The lowest BCUT2D eigenvalue weighted by Gasteiger charge is -2.12. The van der Waals surface area contributed by atoms with E-state index in [1.807, 2.05) is 12.1 Å². The molecule has 0 atom stereocenters. The molecule has 150 valence electrons. The number of alkyl halides is 3. The van der Waals surface area contributed by atoms with Gasteiger partial charge in [0.05, 0.1) is 11.1 Å². The molecule has 0 spiro atoms. The van der Waals surface area contributed by atoms with E-state index < -0.39 is 17.7 Å². The van der Waals surface area contributed by atoms with Gasteiger partial charge >= 0.3 is 12.1 Å². The molecule has 3 aromatic carbocycles. The average Bonchev–Trinajstić information content (AvgIpc) is 2.72. The van der Waals surface area contributed by atoms with Crippen LogP contribution in [0, 0.1) is 0 Å². The number of rotatable bonds is 6. The van der Waals surface area contributed by atoms with Gasteiger partial charge in [-0.05, 0) is 53.6 Å². The first kappa shape index (κ1) is 20.9. The summed E-state index contributed by atoms with van der Waals surface area (Å²) in [6.07, 6.45) is -4.41. The highest BCUT2D eigenvalue weighted by Crippen LogP contribution is 2.32. The molecule has 0 N–H and O–H groups in total. The molecule has 7 heteroatoms. The van der Waals surface area contributed by atoms with Crippen molar-refractivity contribution in [1.29, 1.82) is 0 Å². The Morgan fingerprint density at radius 2 is 1.52 bits per heavy atom. The van der Waals surface area contributed by atoms with E-state index in [4.69, 9.17) is 9.47 Å². The molecule has 3 nitrogen and oxygen atoms in total. The first-order chi connectivity index (χ1) is 13.8. The first-order valence-electron chi connectivity index (χ1n) is 8.67. The number of carbonyl (C=O) groups is 1. The summed E-state index contributed by atoms with van der Waals surface area (Å²) in [6.45, 7) is 0.214. The quantitative estimate of drug-likeness (QED) is 0.314. The van der Waals surface area contributed by atoms with Gasteiger partial charge in [0.25, 0.3) is 0 Å². The fraction of sp³-hybridized carbons (Fsp3) is 0.136. The van der Waals surface area contributed by atoms with E-state index in [2.05, 4.69) is 15.9 Å². The fourth-order valence-corrected chi connectivity index (χ4v) is 2.92. The lowest BCUT2D eigenvalue weighted by Crippen LogP contribution is -2.13. The molecular formula is C22H16BrF3O3. The normalized spacial score (nSPS) is 11.2. The van der Waals surface area contributed by atoms with E-state index in [0.29, 0.717) is 16.9 Å². The zero-order valence-corrected chi connectivity index (χ0v) is 16.7. The van der Waals surface area contributed by atoms with Gasteiger partial charge in [-0.15, -0.1) is 0 Å². The lowest BCUT2D eigenvalue weighted by atomic mass is 9.98. The van der Waals surface area contributed by atoms with Crippen LogP contribution >= 0.6 is 15.9 Å². The third-order valence-electron chi connectivity index (χ3n) is 4.07. The Hall–Kier alpha value is -2.80. The van der Waals surface area contributed by atoms with Crippen molar-refractivity contribution in [3.63, 3.8) is 0 Å². The van der Waals surface area contributed by atoms with Gasteiger partial charge in [-0.25, -0.2) is 4.79 Å². The van der Waals surface area contributed by atoms with Gasteiger partial charge in [0, 0.05) is 4.47 Å². The minimum absolute atomic E-state index is 0.0379. The number of carbonyl (C=O) groups excluding carboxylic acids is 1.